The number of methoxy groups -OCH3 is 1. The third kappa shape index (κ3) is 16.1. The number of ether oxygens (including phenoxy) is 2. The van der Waals surface area contributed by atoms with Gasteiger partial charge in [0.15, 0.2) is 0 Å². The Morgan fingerprint density at radius 3 is 1.79 bits per heavy atom. The number of hydrogen-bond donors (Lipinski definition) is 0. The maximum Gasteiger partial charge on any atom is 0.338 e. The van der Waals surface area contributed by atoms with Crippen LogP contribution in [0.15, 0.2) is 140 Å². The number of benzene rings is 3. The molecule has 3 aromatic carbocycles. The van der Waals surface area contributed by atoms with Crippen LogP contribution in [0.3, 0.4) is 0 Å². The summed E-state index contributed by atoms with van der Waals surface area (Å²) in [5.41, 5.74) is 0.490. The summed E-state index contributed by atoms with van der Waals surface area (Å²) >= 11 is 4.15. The van der Waals surface area contributed by atoms with Crippen LogP contribution in [0.5, 0.6) is 0 Å². The van der Waals surface area contributed by atoms with Crippen LogP contribution in [0.4, 0.5) is 0 Å². The predicted octanol–water partition coefficient (Wildman–Crippen LogP) is 11.5. The molecule has 0 bridgehead atoms. The molecule has 0 saturated carbocycles. The molecule has 3 rings (SSSR count). The molecule has 3 aromatic rings. The van der Waals surface area contributed by atoms with Crippen molar-refractivity contribution < 1.29 is 23.5 Å². The highest BCUT2D eigenvalue weighted by molar-refractivity contribution is 8.16. The van der Waals surface area contributed by atoms with Crippen LogP contribution in [0.1, 0.15) is 96.3 Å². The summed E-state index contributed by atoms with van der Waals surface area (Å²) in [4.78, 5) is 24.6. The smallest absolute Gasteiger partial charge is 0.338 e. The lowest BCUT2D eigenvalue weighted by Crippen LogP contribution is -2.67. The first-order valence-corrected chi connectivity index (χ1v) is 24.2. The molecule has 8 heteroatoms. The molecular formula is C48H64O5S2Si. The van der Waals surface area contributed by atoms with Gasteiger partial charge in [-0.25, -0.2) is 4.79 Å². The van der Waals surface area contributed by atoms with Crippen LogP contribution < -0.4 is 10.4 Å². The highest BCUT2D eigenvalue weighted by atomic mass is 32.2. The van der Waals surface area contributed by atoms with Crippen LogP contribution in [0.2, 0.25) is 5.04 Å². The van der Waals surface area contributed by atoms with Gasteiger partial charge in [0, 0.05) is 6.42 Å². The summed E-state index contributed by atoms with van der Waals surface area (Å²) in [5, 5.41) is 2.37. The first-order chi connectivity index (χ1) is 27.1. The molecule has 0 N–H and O–H groups in total. The minimum Gasteiger partial charge on any atom is -0.469 e. The number of thioether (sulfide) groups is 2. The van der Waals surface area contributed by atoms with E-state index < -0.39 is 20.4 Å². The maximum absolute atomic E-state index is 12.8. The second kappa shape index (κ2) is 26.4. The molecule has 0 spiro atoms. The van der Waals surface area contributed by atoms with Crippen molar-refractivity contribution in [1.29, 1.82) is 0 Å². The Kier molecular flexibility index (Phi) is 22.0. The number of unbranched alkanes of at least 4 members (excludes halogenated alkanes) is 2. The van der Waals surface area contributed by atoms with Gasteiger partial charge in [-0.2, -0.15) is 0 Å². The Hall–Kier alpha value is -3.56. The predicted molar refractivity (Wildman–Crippen MR) is 244 cm³/mol. The topological polar surface area (TPSA) is 61.8 Å². The highest BCUT2D eigenvalue weighted by Gasteiger charge is 2.51. The van der Waals surface area contributed by atoms with Crippen molar-refractivity contribution in [2.45, 2.75) is 108 Å². The molecule has 0 radical (unpaired) electrons. The summed E-state index contributed by atoms with van der Waals surface area (Å²) in [6.07, 6.45) is 22.7. The fourth-order valence-corrected chi connectivity index (χ4v) is 13.9. The number of esters is 2. The molecule has 5 nitrogen and oxygen atoms in total. The van der Waals surface area contributed by atoms with Gasteiger partial charge in [0.25, 0.3) is 8.32 Å². The van der Waals surface area contributed by atoms with Crippen LogP contribution >= 0.6 is 23.5 Å². The highest BCUT2D eigenvalue weighted by Crippen LogP contribution is 2.38. The monoisotopic (exact) mass is 812 g/mol. The third-order valence-corrected chi connectivity index (χ3v) is 17.2. The number of allylic oxidation sites excluding steroid dienone is 5. The zero-order valence-corrected chi connectivity index (χ0v) is 37.1. The van der Waals surface area contributed by atoms with Gasteiger partial charge >= 0.3 is 11.9 Å². The minimum atomic E-state index is -2.79. The molecule has 0 fully saturated rings. The minimum absolute atomic E-state index is 0.145. The molecule has 0 saturated heterocycles. The quantitative estimate of drug-likeness (QED) is 0.0211. The Bertz CT molecular complexity index is 1610. The van der Waals surface area contributed by atoms with Crippen LogP contribution in [0, 0.1) is 0 Å². The molecule has 0 aliphatic carbocycles. The molecule has 56 heavy (non-hydrogen) atoms. The number of carbonyl (C=O) groups excluding carboxylic acids is 2. The van der Waals surface area contributed by atoms with Crippen molar-refractivity contribution in [2.24, 2.45) is 0 Å². The molecule has 0 aliphatic heterocycles. The Labute approximate surface area is 347 Å². The lowest BCUT2D eigenvalue weighted by Gasteiger charge is -2.44. The van der Waals surface area contributed by atoms with E-state index >= 15 is 0 Å². The van der Waals surface area contributed by atoms with Gasteiger partial charge in [-0.1, -0.05) is 162 Å². The van der Waals surface area contributed by atoms with E-state index in [4.69, 9.17) is 13.9 Å². The number of hydrogen-bond acceptors (Lipinski definition) is 7. The van der Waals surface area contributed by atoms with Crippen molar-refractivity contribution in [2.75, 3.05) is 18.6 Å². The molecule has 0 unspecified atom stereocenters. The lowest BCUT2D eigenvalue weighted by molar-refractivity contribution is -0.140. The Morgan fingerprint density at radius 2 is 1.25 bits per heavy atom. The first-order valence-electron chi connectivity index (χ1n) is 20.2. The third-order valence-electron chi connectivity index (χ3n) is 9.40. The van der Waals surface area contributed by atoms with Gasteiger partial charge < -0.3 is 13.9 Å². The van der Waals surface area contributed by atoms with Crippen molar-refractivity contribution >= 4 is 54.2 Å². The van der Waals surface area contributed by atoms with Gasteiger partial charge in [-0.15, -0.1) is 23.5 Å². The molecule has 0 aromatic heterocycles. The van der Waals surface area contributed by atoms with Gasteiger partial charge in [-0.3, -0.25) is 4.79 Å². The van der Waals surface area contributed by atoms with E-state index in [1.54, 1.807) is 12.1 Å². The van der Waals surface area contributed by atoms with E-state index in [1.807, 2.05) is 42.5 Å². The summed E-state index contributed by atoms with van der Waals surface area (Å²) in [6, 6.07) is 30.5. The fourth-order valence-electron chi connectivity index (χ4n) is 6.62. The second-order valence-corrected chi connectivity index (χ2v) is 22.1. The maximum atomic E-state index is 12.8. The van der Waals surface area contributed by atoms with Gasteiger partial charge in [0.05, 0.1) is 23.4 Å². The second-order valence-electron chi connectivity index (χ2n) is 14.6. The molecule has 0 aliphatic rings. The van der Waals surface area contributed by atoms with E-state index in [9.17, 15) is 9.59 Å². The van der Waals surface area contributed by atoms with Crippen LogP contribution in [0.25, 0.3) is 0 Å². The molecule has 0 amide bonds. The molecule has 0 heterocycles. The van der Waals surface area contributed by atoms with Gasteiger partial charge in [0.2, 0.25) is 0 Å². The normalized spacial score (nSPS) is 13.6. The Balaban J connectivity index is 1.83. The summed E-state index contributed by atoms with van der Waals surface area (Å²) < 4.78 is 18.9. The zero-order valence-electron chi connectivity index (χ0n) is 34.4. The number of rotatable bonds is 25. The fraction of sp³-hybridized carbons (Fsp3) is 0.417. The first kappa shape index (κ1) is 46.8. The van der Waals surface area contributed by atoms with Crippen molar-refractivity contribution in [1.82, 2.24) is 0 Å². The van der Waals surface area contributed by atoms with E-state index in [0.29, 0.717) is 23.0 Å². The average molecular weight is 813 g/mol. The number of carbonyl (C=O) groups is 2. The van der Waals surface area contributed by atoms with E-state index in [2.05, 4.69) is 143 Å². The summed E-state index contributed by atoms with van der Waals surface area (Å²) in [6.45, 7) is 11.4. The van der Waals surface area contributed by atoms with Crippen molar-refractivity contribution in [3.05, 3.63) is 145 Å². The van der Waals surface area contributed by atoms with E-state index in [1.165, 1.54) is 48.3 Å². The Morgan fingerprint density at radius 1 is 0.696 bits per heavy atom. The van der Waals surface area contributed by atoms with Gasteiger partial charge in [-0.05, 0) is 83.7 Å². The molecule has 2 atom stereocenters. The molecule has 302 valence electrons. The summed E-state index contributed by atoms with van der Waals surface area (Å²) in [5.74, 6) is 1.67. The van der Waals surface area contributed by atoms with Crippen LogP contribution in [-0.2, 0) is 18.7 Å². The van der Waals surface area contributed by atoms with Crippen molar-refractivity contribution in [3.8, 4) is 0 Å². The lowest BCUT2D eigenvalue weighted by atomic mass is 10.1. The summed E-state index contributed by atoms with van der Waals surface area (Å²) in [7, 11) is -1.41. The zero-order chi connectivity index (χ0) is 40.5. The van der Waals surface area contributed by atoms with E-state index in [0.717, 1.165) is 12.8 Å². The SMILES string of the molecule is CCSC(CCCC/C=C\C[C@H](/C=C/C=C/C=C\[C@H](CCCC(=O)OC)OC(=O)c1ccccc1)O[Si](c1ccccc1)(c1ccccc1)C(C)(C)C)SCC. The van der Waals surface area contributed by atoms with E-state index in [-0.39, 0.29) is 23.5 Å². The average Bonchev–Trinajstić information content (AvgIpc) is 3.20. The van der Waals surface area contributed by atoms with Crippen LogP contribution in [-0.4, -0.2) is 55.7 Å². The van der Waals surface area contributed by atoms with Crippen molar-refractivity contribution in [3.63, 3.8) is 0 Å². The van der Waals surface area contributed by atoms with Gasteiger partial charge in [0.1, 0.15) is 6.10 Å². The largest absolute Gasteiger partial charge is 0.469 e. The molecular weight excluding hydrogens is 749 g/mol. The standard InChI is InChI=1S/C48H64O5S2Si/c1-7-54-46(55-8-2)39-26-11-9-10-20-31-42(53-56(48(3,4)5,43-34-22-15-23-35-43)44-36-24-16-25-37-44)32-21-13-12-19-30-41(33-27-38-45(49)51-6)52-47(50)40-28-17-14-18-29-40/h10,12-25,28-30,32,34-37,41-42,46H,7-9,11,26-27,31,33,38-39H2,1-6H3/b13-12+,20-10-,30-19-,32-21+/t41-,42-/m1/s1.